The fourth-order valence-electron chi connectivity index (χ4n) is 3.05. The highest BCUT2D eigenvalue weighted by Gasteiger charge is 2.19. The minimum atomic E-state index is 0.378. The van der Waals surface area contributed by atoms with Gasteiger partial charge in [0.15, 0.2) is 0 Å². The molecule has 2 aromatic rings. The van der Waals surface area contributed by atoms with E-state index in [9.17, 15) is 0 Å². The van der Waals surface area contributed by atoms with E-state index in [-0.39, 0.29) is 0 Å². The average molecular weight is 258 g/mol. The second-order valence-electron chi connectivity index (χ2n) is 5.51. The Morgan fingerprint density at radius 1 is 1.37 bits per heavy atom. The first-order valence-electron chi connectivity index (χ1n) is 7.10. The number of fused-ring (bicyclic) bond motifs is 1. The summed E-state index contributed by atoms with van der Waals surface area (Å²) in [5.41, 5.74) is 11.0. The van der Waals surface area contributed by atoms with Crippen LogP contribution in [0.2, 0.25) is 0 Å². The smallest absolute Gasteiger partial charge is 0.0754 e. The van der Waals surface area contributed by atoms with Crippen molar-refractivity contribution in [1.82, 2.24) is 4.57 Å². The number of aryl methyl sites for hydroxylation is 1. The standard InChI is InChI=1S/C16H22N2O/c1-11-12(2)18(10-14-4-3-7-19-14)16-6-5-13(9-17)8-15(11)16/h5-6,8,14H,3-4,7,9-10,17H2,1-2H3. The minimum absolute atomic E-state index is 0.378. The van der Waals surface area contributed by atoms with Crippen LogP contribution in [0.1, 0.15) is 29.7 Å². The zero-order chi connectivity index (χ0) is 13.4. The van der Waals surface area contributed by atoms with Gasteiger partial charge in [-0.15, -0.1) is 0 Å². The van der Waals surface area contributed by atoms with Crippen LogP contribution in [-0.4, -0.2) is 17.3 Å². The molecule has 19 heavy (non-hydrogen) atoms. The molecule has 1 aromatic heterocycles. The van der Waals surface area contributed by atoms with Crippen LogP contribution in [-0.2, 0) is 17.8 Å². The lowest BCUT2D eigenvalue weighted by atomic mass is 10.1. The Kier molecular flexibility index (Phi) is 3.33. The largest absolute Gasteiger partial charge is 0.376 e. The van der Waals surface area contributed by atoms with Crippen LogP contribution < -0.4 is 5.73 Å². The van der Waals surface area contributed by atoms with Gasteiger partial charge in [-0.3, -0.25) is 0 Å². The van der Waals surface area contributed by atoms with Gasteiger partial charge < -0.3 is 15.0 Å². The maximum absolute atomic E-state index is 5.77. The second-order valence-corrected chi connectivity index (χ2v) is 5.51. The van der Waals surface area contributed by atoms with Gasteiger partial charge in [0.05, 0.1) is 6.10 Å². The first kappa shape index (κ1) is 12.7. The molecule has 102 valence electrons. The predicted octanol–water partition coefficient (Wildman–Crippen LogP) is 2.90. The van der Waals surface area contributed by atoms with E-state index in [1.165, 1.54) is 40.6 Å². The number of rotatable bonds is 3. The summed E-state index contributed by atoms with van der Waals surface area (Å²) in [7, 11) is 0. The van der Waals surface area contributed by atoms with Gasteiger partial charge in [0.2, 0.25) is 0 Å². The molecule has 0 saturated carbocycles. The first-order chi connectivity index (χ1) is 9.20. The van der Waals surface area contributed by atoms with Crippen molar-refractivity contribution in [2.75, 3.05) is 6.61 Å². The van der Waals surface area contributed by atoms with E-state index in [1.807, 2.05) is 0 Å². The molecular formula is C16H22N2O. The number of hydrogen-bond acceptors (Lipinski definition) is 2. The van der Waals surface area contributed by atoms with E-state index < -0.39 is 0 Å². The Morgan fingerprint density at radius 2 is 2.21 bits per heavy atom. The summed E-state index contributed by atoms with van der Waals surface area (Å²) in [6.45, 7) is 6.89. The van der Waals surface area contributed by atoms with Crippen LogP contribution in [0.3, 0.4) is 0 Å². The summed E-state index contributed by atoms with van der Waals surface area (Å²) in [6.07, 6.45) is 2.75. The van der Waals surface area contributed by atoms with Crippen LogP contribution in [0.4, 0.5) is 0 Å². The highest BCUT2D eigenvalue weighted by Crippen LogP contribution is 2.28. The predicted molar refractivity (Wildman–Crippen MR) is 78.3 cm³/mol. The van der Waals surface area contributed by atoms with Gasteiger partial charge in [0.1, 0.15) is 0 Å². The van der Waals surface area contributed by atoms with Crippen LogP contribution >= 0.6 is 0 Å². The van der Waals surface area contributed by atoms with Gasteiger partial charge in [0.25, 0.3) is 0 Å². The summed E-state index contributed by atoms with van der Waals surface area (Å²) < 4.78 is 8.18. The molecule has 0 radical (unpaired) electrons. The van der Waals surface area contributed by atoms with E-state index in [0.29, 0.717) is 12.6 Å². The number of hydrogen-bond donors (Lipinski definition) is 1. The lowest BCUT2D eigenvalue weighted by molar-refractivity contribution is 0.0976. The summed E-state index contributed by atoms with van der Waals surface area (Å²) in [6, 6.07) is 6.56. The Labute approximate surface area is 114 Å². The molecule has 1 fully saturated rings. The molecule has 1 saturated heterocycles. The highest BCUT2D eigenvalue weighted by molar-refractivity contribution is 5.86. The van der Waals surface area contributed by atoms with Crippen molar-refractivity contribution in [2.24, 2.45) is 5.73 Å². The van der Waals surface area contributed by atoms with Crippen LogP contribution in [0.15, 0.2) is 18.2 Å². The van der Waals surface area contributed by atoms with Crippen LogP contribution in [0.25, 0.3) is 10.9 Å². The van der Waals surface area contributed by atoms with Gasteiger partial charge in [-0.1, -0.05) is 6.07 Å². The van der Waals surface area contributed by atoms with E-state index >= 15 is 0 Å². The van der Waals surface area contributed by atoms with Gasteiger partial charge in [-0.05, 0) is 49.9 Å². The SMILES string of the molecule is Cc1c(C)n(CC2CCCO2)c2ccc(CN)cc12. The Bertz CT molecular complexity index is 594. The Balaban J connectivity index is 2.05. The van der Waals surface area contributed by atoms with E-state index in [4.69, 9.17) is 10.5 Å². The normalized spacial score (nSPS) is 19.4. The molecule has 3 heteroatoms. The van der Waals surface area contributed by atoms with Crippen molar-refractivity contribution in [3.8, 4) is 0 Å². The highest BCUT2D eigenvalue weighted by atomic mass is 16.5. The third-order valence-corrected chi connectivity index (χ3v) is 4.35. The van der Waals surface area contributed by atoms with Crippen molar-refractivity contribution in [2.45, 2.75) is 45.9 Å². The Hall–Kier alpha value is -1.32. The lowest BCUT2D eigenvalue weighted by Gasteiger charge is -2.14. The lowest BCUT2D eigenvalue weighted by Crippen LogP contribution is -2.15. The molecule has 1 aliphatic heterocycles. The van der Waals surface area contributed by atoms with Crippen molar-refractivity contribution in [1.29, 1.82) is 0 Å². The molecule has 0 spiro atoms. The average Bonchev–Trinajstić information content (AvgIpc) is 3.02. The van der Waals surface area contributed by atoms with Crippen molar-refractivity contribution >= 4 is 10.9 Å². The molecule has 0 bridgehead atoms. The van der Waals surface area contributed by atoms with Crippen molar-refractivity contribution in [3.63, 3.8) is 0 Å². The molecule has 3 rings (SSSR count). The van der Waals surface area contributed by atoms with Gasteiger partial charge in [-0.25, -0.2) is 0 Å². The number of nitrogens with zero attached hydrogens (tertiary/aromatic N) is 1. The van der Waals surface area contributed by atoms with Crippen molar-refractivity contribution < 1.29 is 4.74 Å². The molecular weight excluding hydrogens is 236 g/mol. The fraction of sp³-hybridized carbons (Fsp3) is 0.500. The van der Waals surface area contributed by atoms with Crippen LogP contribution in [0.5, 0.6) is 0 Å². The second kappa shape index (κ2) is 4.99. The summed E-state index contributed by atoms with van der Waals surface area (Å²) in [4.78, 5) is 0. The van der Waals surface area contributed by atoms with Gasteiger partial charge >= 0.3 is 0 Å². The Morgan fingerprint density at radius 3 is 2.89 bits per heavy atom. The van der Waals surface area contributed by atoms with Crippen LogP contribution in [0, 0.1) is 13.8 Å². The number of nitrogens with two attached hydrogens (primary N) is 1. The molecule has 0 aliphatic carbocycles. The van der Waals surface area contributed by atoms with Gasteiger partial charge in [-0.2, -0.15) is 0 Å². The summed E-state index contributed by atoms with van der Waals surface area (Å²) >= 11 is 0. The zero-order valence-electron chi connectivity index (χ0n) is 11.8. The van der Waals surface area contributed by atoms with E-state index in [0.717, 1.165) is 13.2 Å². The molecule has 2 heterocycles. The quantitative estimate of drug-likeness (QED) is 0.919. The summed E-state index contributed by atoms with van der Waals surface area (Å²) in [5, 5.41) is 1.33. The van der Waals surface area contributed by atoms with Crippen molar-refractivity contribution in [3.05, 3.63) is 35.0 Å². The third-order valence-electron chi connectivity index (χ3n) is 4.35. The minimum Gasteiger partial charge on any atom is -0.376 e. The monoisotopic (exact) mass is 258 g/mol. The third kappa shape index (κ3) is 2.17. The molecule has 1 unspecified atom stereocenters. The topological polar surface area (TPSA) is 40.2 Å². The summed E-state index contributed by atoms with van der Waals surface area (Å²) in [5.74, 6) is 0. The fourth-order valence-corrected chi connectivity index (χ4v) is 3.05. The first-order valence-corrected chi connectivity index (χ1v) is 7.10. The van der Waals surface area contributed by atoms with E-state index in [2.05, 4.69) is 36.6 Å². The van der Waals surface area contributed by atoms with E-state index in [1.54, 1.807) is 0 Å². The molecule has 1 aromatic carbocycles. The number of ether oxygens (including phenoxy) is 1. The zero-order valence-corrected chi connectivity index (χ0v) is 11.8. The molecule has 3 nitrogen and oxygen atoms in total. The molecule has 1 aliphatic rings. The maximum Gasteiger partial charge on any atom is 0.0754 e. The number of benzene rings is 1. The molecule has 1 atom stereocenters. The molecule has 2 N–H and O–H groups in total. The number of aromatic nitrogens is 1. The maximum atomic E-state index is 5.77. The molecule has 0 amide bonds. The van der Waals surface area contributed by atoms with Gasteiger partial charge in [0, 0.05) is 36.3 Å².